The molecule has 29 heavy (non-hydrogen) atoms. The van der Waals surface area contributed by atoms with Gasteiger partial charge in [0.05, 0.1) is 13.2 Å². The minimum atomic E-state index is -4.59. The number of rotatable bonds is 22. The molecule has 176 valence electrons. The number of phosphoric ester groups is 1. The molecule has 0 radical (unpaired) electrons. The molecule has 0 rings (SSSR count). The van der Waals surface area contributed by atoms with Crippen LogP contribution in [0.3, 0.4) is 0 Å². The zero-order valence-electron chi connectivity index (χ0n) is 18.3. The zero-order valence-corrected chi connectivity index (χ0v) is 19.2. The number of unbranched alkanes of at least 4 members (excludes halogenated alkanes) is 14. The Hall–Kier alpha value is -0.0100. The summed E-state index contributed by atoms with van der Waals surface area (Å²) >= 11 is 0. The van der Waals surface area contributed by atoms with Gasteiger partial charge in [-0.1, -0.05) is 96.8 Å². The second kappa shape index (κ2) is 19.9. The average molecular weight is 441 g/mol. The van der Waals surface area contributed by atoms with Crippen molar-refractivity contribution in [3.05, 3.63) is 0 Å². The molecule has 0 saturated carbocycles. The van der Waals surface area contributed by atoms with E-state index in [4.69, 9.17) is 14.5 Å². The highest BCUT2D eigenvalue weighted by Gasteiger charge is 2.17. The lowest BCUT2D eigenvalue weighted by Gasteiger charge is -2.15. The normalized spacial score (nSPS) is 14.2. The van der Waals surface area contributed by atoms with Gasteiger partial charge in [0.2, 0.25) is 0 Å². The predicted octanol–water partition coefficient (Wildman–Crippen LogP) is 5.05. The van der Waals surface area contributed by atoms with Gasteiger partial charge in [-0.15, -0.1) is 0 Å². The molecule has 0 aliphatic carbocycles. The van der Waals surface area contributed by atoms with Gasteiger partial charge >= 0.3 is 7.82 Å². The Morgan fingerprint density at radius 1 is 0.690 bits per heavy atom. The minimum Gasteiger partial charge on any atom is -0.388 e. The van der Waals surface area contributed by atoms with Gasteiger partial charge in [-0.2, -0.15) is 0 Å². The van der Waals surface area contributed by atoms with E-state index in [1.165, 1.54) is 77.0 Å². The summed E-state index contributed by atoms with van der Waals surface area (Å²) in [7, 11) is -4.59. The molecule has 0 aromatic heterocycles. The lowest BCUT2D eigenvalue weighted by molar-refractivity contribution is -0.129. The van der Waals surface area contributed by atoms with Gasteiger partial charge in [-0.3, -0.25) is 4.52 Å². The zero-order chi connectivity index (χ0) is 21.8. The van der Waals surface area contributed by atoms with Crippen molar-refractivity contribution in [2.45, 2.75) is 122 Å². The van der Waals surface area contributed by atoms with E-state index in [9.17, 15) is 14.8 Å². The minimum absolute atomic E-state index is 0.222. The van der Waals surface area contributed by atoms with Gasteiger partial charge in [0.15, 0.2) is 6.29 Å². The molecule has 1 unspecified atom stereocenters. The predicted molar refractivity (Wildman–Crippen MR) is 116 cm³/mol. The van der Waals surface area contributed by atoms with E-state index < -0.39 is 26.8 Å². The number of ether oxygens (including phenoxy) is 1. The van der Waals surface area contributed by atoms with Crippen molar-refractivity contribution < 1.29 is 33.8 Å². The largest absolute Gasteiger partial charge is 0.469 e. The summed E-state index contributed by atoms with van der Waals surface area (Å²) in [6.07, 6.45) is 17.6. The van der Waals surface area contributed by atoms with Gasteiger partial charge in [-0.25, -0.2) is 4.57 Å². The molecular weight excluding hydrogens is 395 g/mol. The van der Waals surface area contributed by atoms with E-state index in [0.29, 0.717) is 6.42 Å². The molecule has 8 heteroatoms. The van der Waals surface area contributed by atoms with Crippen LogP contribution in [0.5, 0.6) is 0 Å². The fraction of sp³-hybridized carbons (Fsp3) is 1.00. The van der Waals surface area contributed by atoms with Crippen molar-refractivity contribution in [3.63, 3.8) is 0 Å². The van der Waals surface area contributed by atoms with E-state index in [-0.39, 0.29) is 6.61 Å². The SMILES string of the molecule is CCCCCCCCCCCCCCCCCC(O)OC[C@@H](O)COP(=O)(O)O. The first kappa shape index (κ1) is 29.0. The molecule has 0 aromatic rings. The van der Waals surface area contributed by atoms with Crippen LogP contribution in [-0.2, 0) is 13.8 Å². The summed E-state index contributed by atoms with van der Waals surface area (Å²) in [4.78, 5) is 17.1. The first-order chi connectivity index (χ1) is 13.8. The van der Waals surface area contributed by atoms with E-state index in [0.717, 1.165) is 19.3 Å². The number of aliphatic hydroxyl groups excluding tert-OH is 2. The standard InChI is InChI=1S/C21H45O7P/c1-2-3-4-5-6-7-8-9-10-11-12-13-14-15-16-17-21(23)27-18-20(22)19-28-29(24,25)26/h20-23H,2-19H2,1H3,(H2,24,25,26)/t20-,21?/m1/s1. The Balaban J connectivity index is 3.28. The summed E-state index contributed by atoms with van der Waals surface area (Å²) in [5, 5.41) is 19.2. The number of hydrogen-bond donors (Lipinski definition) is 4. The summed E-state index contributed by atoms with van der Waals surface area (Å²) < 4.78 is 19.7. The Labute approximate surface area is 177 Å². The maximum Gasteiger partial charge on any atom is 0.469 e. The molecule has 0 amide bonds. The van der Waals surface area contributed by atoms with Crippen LogP contribution in [0.2, 0.25) is 0 Å². The first-order valence-corrected chi connectivity index (χ1v) is 13.1. The summed E-state index contributed by atoms with van der Waals surface area (Å²) in [5.41, 5.74) is 0. The highest BCUT2D eigenvalue weighted by Crippen LogP contribution is 2.35. The van der Waals surface area contributed by atoms with Crippen LogP contribution in [0, 0.1) is 0 Å². The van der Waals surface area contributed by atoms with Gasteiger partial charge in [0, 0.05) is 0 Å². The Morgan fingerprint density at radius 2 is 1.10 bits per heavy atom. The molecule has 0 aromatic carbocycles. The third-order valence-electron chi connectivity index (χ3n) is 4.97. The fourth-order valence-corrected chi connectivity index (χ4v) is 3.59. The maximum absolute atomic E-state index is 10.5. The lowest BCUT2D eigenvalue weighted by Crippen LogP contribution is -2.25. The van der Waals surface area contributed by atoms with E-state index in [1.54, 1.807) is 0 Å². The first-order valence-electron chi connectivity index (χ1n) is 11.5. The number of aliphatic hydroxyl groups is 2. The molecule has 0 saturated heterocycles. The van der Waals surface area contributed by atoms with Crippen LogP contribution >= 0.6 is 7.82 Å². The van der Waals surface area contributed by atoms with Crippen molar-refractivity contribution in [2.24, 2.45) is 0 Å². The fourth-order valence-electron chi connectivity index (χ4n) is 3.23. The molecule has 0 aliphatic heterocycles. The van der Waals surface area contributed by atoms with E-state index in [2.05, 4.69) is 11.4 Å². The average Bonchev–Trinajstić information content (AvgIpc) is 2.67. The van der Waals surface area contributed by atoms with Gasteiger partial charge in [-0.05, 0) is 12.8 Å². The van der Waals surface area contributed by atoms with Crippen LogP contribution in [-0.4, -0.2) is 45.6 Å². The molecule has 7 nitrogen and oxygen atoms in total. The topological polar surface area (TPSA) is 116 Å². The third-order valence-corrected chi connectivity index (χ3v) is 5.46. The highest BCUT2D eigenvalue weighted by molar-refractivity contribution is 7.46. The summed E-state index contributed by atoms with van der Waals surface area (Å²) in [6, 6.07) is 0. The second-order valence-electron chi connectivity index (χ2n) is 7.97. The Morgan fingerprint density at radius 3 is 1.52 bits per heavy atom. The lowest BCUT2D eigenvalue weighted by atomic mass is 10.0. The van der Waals surface area contributed by atoms with E-state index >= 15 is 0 Å². The van der Waals surface area contributed by atoms with Crippen LogP contribution in [0.15, 0.2) is 0 Å². The molecule has 0 aliphatic rings. The van der Waals surface area contributed by atoms with Crippen LogP contribution in [0.25, 0.3) is 0 Å². The van der Waals surface area contributed by atoms with Crippen molar-refractivity contribution in [3.8, 4) is 0 Å². The monoisotopic (exact) mass is 440 g/mol. The molecule has 2 atom stereocenters. The molecular formula is C21H45O7P. The smallest absolute Gasteiger partial charge is 0.388 e. The quantitative estimate of drug-likeness (QED) is 0.106. The maximum atomic E-state index is 10.5. The van der Waals surface area contributed by atoms with Crippen LogP contribution < -0.4 is 0 Å². The van der Waals surface area contributed by atoms with Crippen LogP contribution in [0.1, 0.15) is 110 Å². The van der Waals surface area contributed by atoms with Crippen molar-refractivity contribution in [2.75, 3.05) is 13.2 Å². The van der Waals surface area contributed by atoms with Crippen molar-refractivity contribution in [1.29, 1.82) is 0 Å². The summed E-state index contributed by atoms with van der Waals surface area (Å²) in [5.74, 6) is 0. The molecule has 0 bridgehead atoms. The Bertz CT molecular complexity index is 389. The van der Waals surface area contributed by atoms with E-state index in [1.807, 2.05) is 0 Å². The molecule has 4 N–H and O–H groups in total. The van der Waals surface area contributed by atoms with Crippen molar-refractivity contribution in [1.82, 2.24) is 0 Å². The van der Waals surface area contributed by atoms with Crippen LogP contribution in [0.4, 0.5) is 0 Å². The van der Waals surface area contributed by atoms with Crippen molar-refractivity contribution >= 4 is 7.82 Å². The third kappa shape index (κ3) is 24.1. The molecule has 0 fully saturated rings. The second-order valence-corrected chi connectivity index (χ2v) is 9.21. The van der Waals surface area contributed by atoms with Gasteiger partial charge < -0.3 is 24.7 Å². The van der Waals surface area contributed by atoms with Gasteiger partial charge in [0.25, 0.3) is 0 Å². The number of phosphoric acid groups is 1. The van der Waals surface area contributed by atoms with Gasteiger partial charge in [0.1, 0.15) is 6.10 Å². The number of hydrogen-bond acceptors (Lipinski definition) is 5. The summed E-state index contributed by atoms with van der Waals surface area (Å²) in [6.45, 7) is 1.50. The Kier molecular flexibility index (Phi) is 19.9. The molecule has 0 heterocycles. The molecule has 0 spiro atoms. The highest BCUT2D eigenvalue weighted by atomic mass is 31.2.